The lowest BCUT2D eigenvalue weighted by Crippen LogP contribution is -2.30. The summed E-state index contributed by atoms with van der Waals surface area (Å²) in [6, 6.07) is 28.3. The van der Waals surface area contributed by atoms with Crippen LogP contribution in [0.25, 0.3) is 22.8 Å². The molecule has 0 atom stereocenters. The Kier molecular flexibility index (Phi) is 5.18. The third-order valence-electron chi connectivity index (χ3n) is 4.47. The first-order chi connectivity index (χ1) is 14.0. The summed E-state index contributed by atoms with van der Waals surface area (Å²) in [5, 5.41) is 0. The Labute approximate surface area is 170 Å². The molecule has 4 aromatic rings. The predicted octanol–water partition coefficient (Wildman–Crippen LogP) is 4.97. The van der Waals surface area contributed by atoms with E-state index in [4.69, 9.17) is 4.42 Å². The van der Waals surface area contributed by atoms with Crippen molar-refractivity contribution in [1.29, 1.82) is 0 Å². The molecule has 5 nitrogen and oxygen atoms in total. The molecule has 146 valence electrons. The average molecular weight is 404 g/mol. The van der Waals surface area contributed by atoms with Crippen LogP contribution in [-0.4, -0.2) is 19.7 Å². The van der Waals surface area contributed by atoms with Gasteiger partial charge in [-0.1, -0.05) is 78.9 Å². The summed E-state index contributed by atoms with van der Waals surface area (Å²) in [5.41, 5.74) is 2.41. The third-order valence-corrected chi connectivity index (χ3v) is 5.57. The normalized spacial score (nSPS) is 11.3. The van der Waals surface area contributed by atoms with Crippen molar-refractivity contribution in [2.75, 3.05) is 10.6 Å². The molecule has 6 heteroatoms. The molecular weight excluding hydrogens is 384 g/mol. The lowest BCUT2D eigenvalue weighted by atomic mass is 10.1. The first-order valence-corrected chi connectivity index (χ1v) is 11.0. The summed E-state index contributed by atoms with van der Waals surface area (Å²) in [5.74, 6) is 1.08. The monoisotopic (exact) mass is 404 g/mol. The van der Waals surface area contributed by atoms with E-state index < -0.39 is 10.0 Å². The van der Waals surface area contributed by atoms with Crippen LogP contribution in [0.15, 0.2) is 95.4 Å². The smallest absolute Gasteiger partial charge is 0.233 e. The van der Waals surface area contributed by atoms with Crippen molar-refractivity contribution in [1.82, 2.24) is 4.98 Å². The highest BCUT2D eigenvalue weighted by Crippen LogP contribution is 2.36. The fourth-order valence-electron chi connectivity index (χ4n) is 3.06. The van der Waals surface area contributed by atoms with Gasteiger partial charge in [-0.25, -0.2) is 12.7 Å². The minimum absolute atomic E-state index is 0.167. The molecule has 0 aliphatic rings. The van der Waals surface area contributed by atoms with E-state index in [2.05, 4.69) is 4.98 Å². The first kappa shape index (κ1) is 19.0. The van der Waals surface area contributed by atoms with Gasteiger partial charge in [0.15, 0.2) is 11.6 Å². The molecule has 0 N–H and O–H groups in total. The standard InChI is InChI=1S/C23H20N2O3S/c1-29(26,27)25(17-18-11-5-2-6-12-18)22-21(19-13-7-3-8-14-19)28-23(24-22)20-15-9-4-10-16-20/h2-16H,17H2,1H3. The van der Waals surface area contributed by atoms with Crippen LogP contribution in [0.5, 0.6) is 0 Å². The van der Waals surface area contributed by atoms with Gasteiger partial charge >= 0.3 is 0 Å². The zero-order chi connectivity index (χ0) is 20.3. The van der Waals surface area contributed by atoms with Crippen molar-refractivity contribution in [2.45, 2.75) is 6.54 Å². The van der Waals surface area contributed by atoms with Gasteiger partial charge < -0.3 is 4.42 Å². The minimum Gasteiger partial charge on any atom is -0.434 e. The molecule has 1 aromatic heterocycles. The van der Waals surface area contributed by atoms with E-state index in [1.165, 1.54) is 10.6 Å². The minimum atomic E-state index is -3.60. The number of benzene rings is 3. The number of hydrogen-bond donors (Lipinski definition) is 0. The van der Waals surface area contributed by atoms with Crippen LogP contribution < -0.4 is 4.31 Å². The average Bonchev–Trinajstić information content (AvgIpc) is 3.18. The number of anilines is 1. The molecule has 1 heterocycles. The van der Waals surface area contributed by atoms with Crippen LogP contribution in [-0.2, 0) is 16.6 Å². The molecule has 0 saturated carbocycles. The van der Waals surface area contributed by atoms with Gasteiger partial charge in [-0.05, 0) is 17.7 Å². The summed E-state index contributed by atoms with van der Waals surface area (Å²) >= 11 is 0. The van der Waals surface area contributed by atoms with Crippen LogP contribution in [0.3, 0.4) is 0 Å². The number of aromatic nitrogens is 1. The quantitative estimate of drug-likeness (QED) is 0.455. The Bertz CT molecular complexity index is 1190. The Hall–Kier alpha value is -3.38. The largest absolute Gasteiger partial charge is 0.434 e. The zero-order valence-electron chi connectivity index (χ0n) is 15.9. The van der Waals surface area contributed by atoms with Crippen LogP contribution in [0.4, 0.5) is 5.82 Å². The van der Waals surface area contributed by atoms with Gasteiger partial charge in [-0.3, -0.25) is 0 Å². The van der Waals surface area contributed by atoms with E-state index in [-0.39, 0.29) is 12.4 Å². The SMILES string of the molecule is CS(=O)(=O)N(Cc1ccccc1)c1nc(-c2ccccc2)oc1-c1ccccc1. The van der Waals surface area contributed by atoms with Gasteiger partial charge in [0, 0.05) is 11.1 Å². The van der Waals surface area contributed by atoms with E-state index in [1.54, 1.807) is 0 Å². The maximum absolute atomic E-state index is 12.7. The third kappa shape index (κ3) is 4.22. The molecule has 29 heavy (non-hydrogen) atoms. The number of sulfonamides is 1. The second-order valence-corrected chi connectivity index (χ2v) is 8.57. The van der Waals surface area contributed by atoms with E-state index >= 15 is 0 Å². The lowest BCUT2D eigenvalue weighted by Gasteiger charge is -2.20. The Morgan fingerprint density at radius 1 is 0.793 bits per heavy atom. The van der Waals surface area contributed by atoms with Crippen LogP contribution in [0.1, 0.15) is 5.56 Å². The summed E-state index contributed by atoms with van der Waals surface area (Å²) in [7, 11) is -3.60. The second-order valence-electron chi connectivity index (χ2n) is 6.66. The van der Waals surface area contributed by atoms with Gasteiger partial charge in [-0.15, -0.1) is 0 Å². The molecule has 0 unspecified atom stereocenters. The Morgan fingerprint density at radius 3 is 1.86 bits per heavy atom. The Morgan fingerprint density at radius 2 is 1.31 bits per heavy atom. The maximum atomic E-state index is 12.7. The van der Waals surface area contributed by atoms with Crippen molar-refractivity contribution in [2.24, 2.45) is 0 Å². The first-order valence-electron chi connectivity index (χ1n) is 9.16. The second kappa shape index (κ2) is 7.93. The lowest BCUT2D eigenvalue weighted by molar-refractivity contribution is 0.586. The van der Waals surface area contributed by atoms with E-state index in [1.807, 2.05) is 91.0 Å². The van der Waals surface area contributed by atoms with Crippen molar-refractivity contribution >= 4 is 15.8 Å². The van der Waals surface area contributed by atoms with E-state index in [0.29, 0.717) is 11.7 Å². The topological polar surface area (TPSA) is 63.4 Å². The van der Waals surface area contributed by atoms with Crippen molar-refractivity contribution in [3.63, 3.8) is 0 Å². The number of rotatable bonds is 6. The molecule has 0 aliphatic heterocycles. The molecule has 0 spiro atoms. The summed E-state index contributed by atoms with van der Waals surface area (Å²) < 4.78 is 32.8. The molecule has 0 fully saturated rings. The van der Waals surface area contributed by atoms with Gasteiger partial charge in [0.2, 0.25) is 15.9 Å². The number of nitrogens with zero attached hydrogens (tertiary/aromatic N) is 2. The number of oxazole rings is 1. The maximum Gasteiger partial charge on any atom is 0.233 e. The fourth-order valence-corrected chi connectivity index (χ4v) is 3.88. The Balaban J connectivity index is 1.88. The number of hydrogen-bond acceptors (Lipinski definition) is 4. The van der Waals surface area contributed by atoms with Crippen molar-refractivity contribution in [3.8, 4) is 22.8 Å². The molecule has 3 aromatic carbocycles. The molecule has 0 aliphatic carbocycles. The molecular formula is C23H20N2O3S. The van der Waals surface area contributed by atoms with Gasteiger partial charge in [0.25, 0.3) is 0 Å². The summed E-state index contributed by atoms with van der Waals surface area (Å²) in [6.45, 7) is 0.167. The van der Waals surface area contributed by atoms with E-state index in [9.17, 15) is 8.42 Å². The highest BCUT2D eigenvalue weighted by Gasteiger charge is 2.27. The van der Waals surface area contributed by atoms with Crippen LogP contribution in [0, 0.1) is 0 Å². The molecule has 0 amide bonds. The fraction of sp³-hybridized carbons (Fsp3) is 0.0870. The molecule has 0 bridgehead atoms. The van der Waals surface area contributed by atoms with Crippen molar-refractivity contribution < 1.29 is 12.8 Å². The molecule has 0 radical (unpaired) electrons. The van der Waals surface area contributed by atoms with Crippen molar-refractivity contribution in [3.05, 3.63) is 96.6 Å². The highest BCUT2D eigenvalue weighted by molar-refractivity contribution is 7.92. The summed E-state index contributed by atoms with van der Waals surface area (Å²) in [4.78, 5) is 4.60. The van der Waals surface area contributed by atoms with Crippen LogP contribution in [0.2, 0.25) is 0 Å². The molecule has 0 saturated heterocycles. The zero-order valence-corrected chi connectivity index (χ0v) is 16.7. The van der Waals surface area contributed by atoms with Gasteiger partial charge in [0.1, 0.15) is 0 Å². The van der Waals surface area contributed by atoms with Gasteiger partial charge in [0.05, 0.1) is 12.8 Å². The van der Waals surface area contributed by atoms with Crippen LogP contribution >= 0.6 is 0 Å². The summed E-state index contributed by atoms with van der Waals surface area (Å²) in [6.07, 6.45) is 1.18. The van der Waals surface area contributed by atoms with Gasteiger partial charge in [-0.2, -0.15) is 4.98 Å². The van der Waals surface area contributed by atoms with E-state index in [0.717, 1.165) is 16.7 Å². The highest BCUT2D eigenvalue weighted by atomic mass is 32.2. The predicted molar refractivity (Wildman–Crippen MR) is 115 cm³/mol. The molecule has 4 rings (SSSR count).